The van der Waals surface area contributed by atoms with Gasteiger partial charge in [0.2, 0.25) is 0 Å². The van der Waals surface area contributed by atoms with E-state index in [0.29, 0.717) is 12.1 Å². The van der Waals surface area contributed by atoms with E-state index in [1.807, 2.05) is 13.8 Å². The topological polar surface area (TPSA) is 40.5 Å². The van der Waals surface area contributed by atoms with Crippen LogP contribution in [0.2, 0.25) is 0 Å². The van der Waals surface area contributed by atoms with Crippen LogP contribution in [0.25, 0.3) is 0 Å². The van der Waals surface area contributed by atoms with E-state index in [1.165, 1.54) is 12.1 Å². The molecule has 0 aliphatic heterocycles. The Bertz CT molecular complexity index is 424. The first-order chi connectivity index (χ1) is 8.93. The average molecular weight is 271 g/mol. The summed E-state index contributed by atoms with van der Waals surface area (Å²) in [5.74, 6) is -0.912. The van der Waals surface area contributed by atoms with Gasteiger partial charge in [-0.25, -0.2) is 8.78 Å². The quantitative estimate of drug-likeness (QED) is 0.827. The largest absolute Gasteiger partial charge is 0.480 e. The number of halogens is 2. The van der Waals surface area contributed by atoms with E-state index in [1.54, 1.807) is 17.0 Å². The van der Waals surface area contributed by atoms with Crippen LogP contribution in [0.5, 0.6) is 0 Å². The Morgan fingerprint density at radius 3 is 2.63 bits per heavy atom. The Balaban J connectivity index is 2.83. The third-order valence-electron chi connectivity index (χ3n) is 3.14. The van der Waals surface area contributed by atoms with Gasteiger partial charge in [-0.05, 0) is 25.0 Å². The summed E-state index contributed by atoms with van der Waals surface area (Å²) in [5, 5.41) is 8.89. The normalized spacial score (nSPS) is 12.9. The highest BCUT2D eigenvalue weighted by Crippen LogP contribution is 2.20. The van der Waals surface area contributed by atoms with Gasteiger partial charge in [0.1, 0.15) is 0 Å². The number of nitrogens with zero attached hydrogens (tertiary/aromatic N) is 1. The molecule has 0 aliphatic rings. The molecular weight excluding hydrogens is 252 g/mol. The second-order valence-electron chi connectivity index (χ2n) is 4.60. The van der Waals surface area contributed by atoms with Crippen molar-refractivity contribution >= 4 is 5.97 Å². The fraction of sp³-hybridized carbons (Fsp3) is 0.500. The fourth-order valence-corrected chi connectivity index (χ4v) is 1.86. The van der Waals surface area contributed by atoms with Gasteiger partial charge in [0.25, 0.3) is 6.43 Å². The van der Waals surface area contributed by atoms with Gasteiger partial charge in [-0.2, -0.15) is 0 Å². The molecule has 0 spiro atoms. The molecule has 0 heterocycles. The van der Waals surface area contributed by atoms with Crippen LogP contribution >= 0.6 is 0 Å². The van der Waals surface area contributed by atoms with Gasteiger partial charge in [0, 0.05) is 18.2 Å². The molecule has 0 aromatic heterocycles. The second-order valence-corrected chi connectivity index (χ2v) is 4.60. The summed E-state index contributed by atoms with van der Waals surface area (Å²) in [5.41, 5.74) is 0.677. The lowest BCUT2D eigenvalue weighted by Crippen LogP contribution is -2.36. The molecule has 19 heavy (non-hydrogen) atoms. The first-order valence-corrected chi connectivity index (χ1v) is 6.26. The van der Waals surface area contributed by atoms with Crippen molar-refractivity contribution in [2.24, 2.45) is 0 Å². The SMILES string of the molecule is CCC(C)N(CC(=O)O)Cc1cccc(C(F)F)c1. The summed E-state index contributed by atoms with van der Waals surface area (Å²) < 4.78 is 25.2. The van der Waals surface area contributed by atoms with Gasteiger partial charge in [0.05, 0.1) is 6.54 Å². The predicted molar refractivity (Wildman–Crippen MR) is 69.2 cm³/mol. The third-order valence-corrected chi connectivity index (χ3v) is 3.14. The number of carboxylic acid groups (broad SMARTS) is 1. The van der Waals surface area contributed by atoms with Crippen LogP contribution < -0.4 is 0 Å². The van der Waals surface area contributed by atoms with E-state index < -0.39 is 12.4 Å². The van der Waals surface area contributed by atoms with Crippen molar-refractivity contribution in [2.45, 2.75) is 39.3 Å². The first kappa shape index (κ1) is 15.6. The Morgan fingerprint density at radius 1 is 1.42 bits per heavy atom. The zero-order valence-electron chi connectivity index (χ0n) is 11.1. The molecular formula is C14H19F2NO2. The molecule has 0 amide bonds. The summed E-state index contributed by atoms with van der Waals surface area (Å²) in [4.78, 5) is 12.6. The molecule has 0 saturated heterocycles. The molecule has 106 valence electrons. The molecule has 1 aromatic carbocycles. The van der Waals surface area contributed by atoms with Crippen molar-refractivity contribution in [3.05, 3.63) is 35.4 Å². The van der Waals surface area contributed by atoms with Crippen LogP contribution in [0, 0.1) is 0 Å². The van der Waals surface area contributed by atoms with Crippen molar-refractivity contribution in [2.75, 3.05) is 6.54 Å². The Hall–Kier alpha value is -1.49. The average Bonchev–Trinajstić information content (AvgIpc) is 2.36. The molecule has 1 unspecified atom stereocenters. The van der Waals surface area contributed by atoms with Crippen molar-refractivity contribution in [1.82, 2.24) is 4.90 Å². The maximum absolute atomic E-state index is 12.6. The minimum absolute atomic E-state index is 0.0306. The van der Waals surface area contributed by atoms with Gasteiger partial charge in [-0.3, -0.25) is 9.69 Å². The Kier molecular flexibility index (Phi) is 5.89. The van der Waals surface area contributed by atoms with Crippen molar-refractivity contribution < 1.29 is 18.7 Å². The number of alkyl halides is 2. The van der Waals surface area contributed by atoms with E-state index in [0.717, 1.165) is 6.42 Å². The summed E-state index contributed by atoms with van der Waals surface area (Å²) in [6.07, 6.45) is -1.70. The number of hydrogen-bond donors (Lipinski definition) is 1. The predicted octanol–water partition coefficient (Wildman–Crippen LogP) is 3.31. The molecule has 5 heteroatoms. The summed E-state index contributed by atoms with van der Waals surface area (Å²) in [7, 11) is 0. The molecule has 1 atom stereocenters. The minimum atomic E-state index is -2.50. The van der Waals surface area contributed by atoms with Gasteiger partial charge in [-0.15, -0.1) is 0 Å². The number of benzene rings is 1. The molecule has 1 rings (SSSR count). The summed E-state index contributed by atoms with van der Waals surface area (Å²) >= 11 is 0. The Morgan fingerprint density at radius 2 is 2.11 bits per heavy atom. The van der Waals surface area contributed by atoms with Gasteiger partial charge in [0.15, 0.2) is 0 Å². The number of aliphatic carboxylic acids is 1. The van der Waals surface area contributed by atoms with Gasteiger partial charge >= 0.3 is 5.97 Å². The lowest BCUT2D eigenvalue weighted by Gasteiger charge is -2.26. The molecule has 0 bridgehead atoms. The van der Waals surface area contributed by atoms with Gasteiger partial charge < -0.3 is 5.11 Å². The summed E-state index contributed by atoms with van der Waals surface area (Å²) in [6.45, 7) is 4.17. The lowest BCUT2D eigenvalue weighted by molar-refractivity contribution is -0.139. The number of carbonyl (C=O) groups is 1. The van der Waals surface area contributed by atoms with Crippen LogP contribution in [0.1, 0.15) is 37.8 Å². The van der Waals surface area contributed by atoms with Crippen LogP contribution in [0.4, 0.5) is 8.78 Å². The van der Waals surface area contributed by atoms with Gasteiger partial charge in [-0.1, -0.05) is 25.1 Å². The monoisotopic (exact) mass is 271 g/mol. The van der Waals surface area contributed by atoms with Crippen LogP contribution in [0.3, 0.4) is 0 Å². The van der Waals surface area contributed by atoms with E-state index in [9.17, 15) is 13.6 Å². The maximum atomic E-state index is 12.6. The minimum Gasteiger partial charge on any atom is -0.480 e. The summed E-state index contributed by atoms with van der Waals surface area (Å²) in [6, 6.07) is 6.21. The molecule has 0 aliphatic carbocycles. The Labute approximate surface area is 111 Å². The van der Waals surface area contributed by atoms with Crippen molar-refractivity contribution in [1.29, 1.82) is 0 Å². The molecule has 3 nitrogen and oxygen atoms in total. The maximum Gasteiger partial charge on any atom is 0.317 e. The number of carboxylic acids is 1. The number of hydrogen-bond acceptors (Lipinski definition) is 2. The number of rotatable bonds is 7. The zero-order valence-corrected chi connectivity index (χ0v) is 11.1. The highest BCUT2D eigenvalue weighted by Gasteiger charge is 2.16. The smallest absolute Gasteiger partial charge is 0.317 e. The fourth-order valence-electron chi connectivity index (χ4n) is 1.86. The van der Waals surface area contributed by atoms with E-state index in [-0.39, 0.29) is 18.2 Å². The highest BCUT2D eigenvalue weighted by molar-refractivity contribution is 5.69. The molecule has 1 aromatic rings. The molecule has 1 N–H and O–H groups in total. The third kappa shape index (κ3) is 4.95. The van der Waals surface area contributed by atoms with Crippen LogP contribution in [0.15, 0.2) is 24.3 Å². The zero-order chi connectivity index (χ0) is 14.4. The highest BCUT2D eigenvalue weighted by atomic mass is 19.3. The molecule has 0 fully saturated rings. The standard InChI is InChI=1S/C14H19F2NO2/c1-3-10(2)17(9-13(18)19)8-11-5-4-6-12(7-11)14(15)16/h4-7,10,14H,3,8-9H2,1-2H3,(H,18,19). The lowest BCUT2D eigenvalue weighted by atomic mass is 10.1. The van der Waals surface area contributed by atoms with Crippen molar-refractivity contribution in [3.8, 4) is 0 Å². The second kappa shape index (κ2) is 7.19. The van der Waals surface area contributed by atoms with E-state index in [2.05, 4.69) is 0 Å². The first-order valence-electron chi connectivity index (χ1n) is 6.26. The van der Waals surface area contributed by atoms with E-state index in [4.69, 9.17) is 5.11 Å². The molecule has 0 radical (unpaired) electrons. The van der Waals surface area contributed by atoms with Crippen LogP contribution in [-0.2, 0) is 11.3 Å². The van der Waals surface area contributed by atoms with Crippen molar-refractivity contribution in [3.63, 3.8) is 0 Å². The van der Waals surface area contributed by atoms with Crippen LogP contribution in [-0.4, -0.2) is 28.6 Å². The molecule has 0 saturated carbocycles. The van der Waals surface area contributed by atoms with E-state index >= 15 is 0 Å².